The standard InChI is InChI=1S/C28H24N4O6/c1-36-21-12-18-19(13-22(21)37-2)31-28(30-18)32-24(17-5-3-9-29-14-17)23(26(34)27(32)35)25(33)16-7-8-20-15(11-16)6-4-10-38-20/h3,5,7-9,11-14,24,33H,4,6,10H2,1-2H3,(H,30,31)/b25-23+. The van der Waals surface area contributed by atoms with Crippen LogP contribution in [0.25, 0.3) is 16.8 Å². The quantitative estimate of drug-likeness (QED) is 0.234. The smallest absolute Gasteiger partial charge is 0.302 e. The topological polar surface area (TPSA) is 127 Å². The van der Waals surface area contributed by atoms with Gasteiger partial charge in [0.05, 0.1) is 43.5 Å². The molecule has 1 unspecified atom stereocenters. The summed E-state index contributed by atoms with van der Waals surface area (Å²) >= 11 is 0. The normalized spacial score (nSPS) is 18.4. The number of ether oxygens (including phenoxy) is 3. The molecule has 0 radical (unpaired) electrons. The first-order chi connectivity index (χ1) is 18.5. The number of benzene rings is 2. The Balaban J connectivity index is 1.52. The second-order valence-electron chi connectivity index (χ2n) is 9.01. The molecule has 0 saturated carbocycles. The van der Waals surface area contributed by atoms with Crippen LogP contribution in [0.5, 0.6) is 17.2 Å². The van der Waals surface area contributed by atoms with Crippen LogP contribution in [-0.2, 0) is 16.0 Å². The molecule has 1 fully saturated rings. The number of fused-ring (bicyclic) bond motifs is 2. The minimum atomic E-state index is -0.958. The summed E-state index contributed by atoms with van der Waals surface area (Å²) in [6, 6.07) is 11.1. The lowest BCUT2D eigenvalue weighted by molar-refractivity contribution is -0.132. The van der Waals surface area contributed by atoms with E-state index >= 15 is 0 Å². The summed E-state index contributed by atoms with van der Waals surface area (Å²) < 4.78 is 16.4. The van der Waals surface area contributed by atoms with Crippen LogP contribution in [0, 0.1) is 0 Å². The number of rotatable bonds is 5. The summed E-state index contributed by atoms with van der Waals surface area (Å²) in [5, 5.41) is 11.4. The Labute approximate surface area is 217 Å². The Kier molecular flexibility index (Phi) is 5.71. The fourth-order valence-electron chi connectivity index (χ4n) is 5.00. The summed E-state index contributed by atoms with van der Waals surface area (Å²) in [6.07, 6.45) is 4.81. The van der Waals surface area contributed by atoms with Gasteiger partial charge in [-0.05, 0) is 48.2 Å². The van der Waals surface area contributed by atoms with Crippen molar-refractivity contribution in [1.82, 2.24) is 15.0 Å². The number of nitrogens with zero attached hydrogens (tertiary/aromatic N) is 3. The number of nitrogens with one attached hydrogen (secondary N) is 1. The van der Waals surface area contributed by atoms with Crippen molar-refractivity contribution in [3.8, 4) is 17.2 Å². The fourth-order valence-corrected chi connectivity index (χ4v) is 5.00. The zero-order valence-corrected chi connectivity index (χ0v) is 20.7. The van der Waals surface area contributed by atoms with Crippen LogP contribution >= 0.6 is 0 Å². The van der Waals surface area contributed by atoms with Crippen molar-refractivity contribution in [3.63, 3.8) is 0 Å². The number of aryl methyl sites for hydroxylation is 1. The number of carbonyl (C=O) groups excluding carboxylic acids is 2. The molecular formula is C28H24N4O6. The average Bonchev–Trinajstić information content (AvgIpc) is 3.49. The van der Waals surface area contributed by atoms with Crippen molar-refractivity contribution in [2.45, 2.75) is 18.9 Å². The van der Waals surface area contributed by atoms with Gasteiger partial charge in [-0.2, -0.15) is 0 Å². The number of pyridine rings is 1. The lowest BCUT2D eigenvalue weighted by Crippen LogP contribution is -2.30. The summed E-state index contributed by atoms with van der Waals surface area (Å²) in [6.45, 7) is 0.639. The van der Waals surface area contributed by atoms with Crippen LogP contribution in [0.4, 0.5) is 5.95 Å². The molecule has 10 heteroatoms. The molecule has 1 saturated heterocycles. The summed E-state index contributed by atoms with van der Waals surface area (Å²) in [5.74, 6) is -0.0553. The van der Waals surface area contributed by atoms with Crippen LogP contribution in [0.2, 0.25) is 0 Å². The Morgan fingerprint density at radius 3 is 2.71 bits per heavy atom. The second-order valence-corrected chi connectivity index (χ2v) is 9.01. The molecule has 0 aliphatic carbocycles. The number of aromatic nitrogens is 3. The number of imidazole rings is 1. The Morgan fingerprint density at radius 1 is 1.13 bits per heavy atom. The van der Waals surface area contributed by atoms with Gasteiger partial charge < -0.3 is 24.3 Å². The van der Waals surface area contributed by atoms with Gasteiger partial charge >= 0.3 is 5.91 Å². The monoisotopic (exact) mass is 512 g/mol. The maximum absolute atomic E-state index is 13.5. The van der Waals surface area contributed by atoms with Gasteiger partial charge in [-0.3, -0.25) is 19.5 Å². The largest absolute Gasteiger partial charge is 0.507 e. The minimum Gasteiger partial charge on any atom is -0.507 e. The van der Waals surface area contributed by atoms with Gasteiger partial charge in [0.25, 0.3) is 5.78 Å². The third-order valence-corrected chi connectivity index (χ3v) is 6.83. The highest BCUT2D eigenvalue weighted by molar-refractivity contribution is 6.51. The van der Waals surface area contributed by atoms with Crippen molar-refractivity contribution in [1.29, 1.82) is 0 Å². The first-order valence-electron chi connectivity index (χ1n) is 12.1. The number of hydrogen-bond acceptors (Lipinski definition) is 8. The zero-order chi connectivity index (χ0) is 26.4. The molecule has 4 aromatic rings. The number of anilines is 1. The second kappa shape index (κ2) is 9.22. The van der Waals surface area contributed by atoms with Gasteiger partial charge in [-0.15, -0.1) is 0 Å². The van der Waals surface area contributed by atoms with Gasteiger partial charge in [0.15, 0.2) is 11.5 Å². The van der Waals surface area contributed by atoms with Crippen molar-refractivity contribution < 1.29 is 28.9 Å². The van der Waals surface area contributed by atoms with E-state index in [2.05, 4.69) is 15.0 Å². The van der Waals surface area contributed by atoms with E-state index in [0.29, 0.717) is 40.3 Å². The van der Waals surface area contributed by atoms with Gasteiger partial charge in [0.2, 0.25) is 5.95 Å². The first-order valence-corrected chi connectivity index (χ1v) is 12.1. The van der Waals surface area contributed by atoms with Gasteiger partial charge in [-0.25, -0.2) is 4.98 Å². The molecule has 0 spiro atoms. The molecule has 6 rings (SSSR count). The average molecular weight is 513 g/mol. The Hall–Kier alpha value is -4.86. The van der Waals surface area contributed by atoms with Gasteiger partial charge in [0, 0.05) is 30.1 Å². The molecular weight excluding hydrogens is 488 g/mol. The van der Waals surface area contributed by atoms with E-state index in [4.69, 9.17) is 14.2 Å². The molecule has 0 bridgehead atoms. The molecule has 192 valence electrons. The maximum atomic E-state index is 13.5. The van der Waals surface area contributed by atoms with Crippen molar-refractivity contribution in [2.24, 2.45) is 0 Å². The van der Waals surface area contributed by atoms with E-state index in [1.165, 1.54) is 19.1 Å². The number of aliphatic hydroxyl groups is 1. The first kappa shape index (κ1) is 23.5. The number of amides is 1. The molecule has 2 aliphatic rings. The van der Waals surface area contributed by atoms with Crippen LogP contribution in [0.1, 0.15) is 29.2 Å². The van der Waals surface area contributed by atoms with E-state index in [9.17, 15) is 14.7 Å². The summed E-state index contributed by atoms with van der Waals surface area (Å²) in [7, 11) is 3.04. The van der Waals surface area contributed by atoms with E-state index < -0.39 is 17.7 Å². The van der Waals surface area contributed by atoms with E-state index in [0.717, 1.165) is 24.2 Å². The van der Waals surface area contributed by atoms with Crippen molar-refractivity contribution in [3.05, 3.63) is 77.1 Å². The van der Waals surface area contributed by atoms with Crippen LogP contribution in [0.3, 0.4) is 0 Å². The Morgan fingerprint density at radius 2 is 1.95 bits per heavy atom. The molecule has 2 aromatic carbocycles. The predicted octanol–water partition coefficient (Wildman–Crippen LogP) is 3.93. The fraction of sp³-hybridized carbons (Fsp3) is 0.214. The number of hydrogen-bond donors (Lipinski definition) is 2. The van der Waals surface area contributed by atoms with E-state index in [1.54, 1.807) is 54.9 Å². The molecule has 1 atom stereocenters. The number of methoxy groups -OCH3 is 2. The summed E-state index contributed by atoms with van der Waals surface area (Å²) in [4.78, 5) is 40.1. The highest BCUT2D eigenvalue weighted by Gasteiger charge is 2.48. The molecule has 38 heavy (non-hydrogen) atoms. The number of ketones is 1. The number of aromatic amines is 1. The minimum absolute atomic E-state index is 0.0460. The number of carbonyl (C=O) groups is 2. The number of H-pyrrole nitrogens is 1. The summed E-state index contributed by atoms with van der Waals surface area (Å²) in [5.41, 5.74) is 2.96. The molecule has 10 nitrogen and oxygen atoms in total. The molecule has 2 N–H and O–H groups in total. The molecule has 2 aliphatic heterocycles. The lowest BCUT2D eigenvalue weighted by atomic mass is 9.95. The van der Waals surface area contributed by atoms with E-state index in [1.807, 2.05) is 0 Å². The van der Waals surface area contributed by atoms with Crippen molar-refractivity contribution >= 4 is 34.4 Å². The van der Waals surface area contributed by atoms with Crippen LogP contribution < -0.4 is 19.1 Å². The van der Waals surface area contributed by atoms with Gasteiger partial charge in [-0.1, -0.05) is 6.07 Å². The molecule has 1 amide bonds. The SMILES string of the molecule is COc1cc2nc(N3C(=O)C(=O)/C(=C(/O)c4ccc5c(c4)CCCO5)C3c3cccnc3)[nH]c2cc1OC. The molecule has 4 heterocycles. The Bertz CT molecular complexity index is 1570. The van der Waals surface area contributed by atoms with Crippen molar-refractivity contribution in [2.75, 3.05) is 25.7 Å². The van der Waals surface area contributed by atoms with E-state index in [-0.39, 0.29) is 17.3 Å². The van der Waals surface area contributed by atoms with Crippen LogP contribution in [0.15, 0.2) is 60.4 Å². The lowest BCUT2D eigenvalue weighted by Gasteiger charge is -2.23. The number of aliphatic hydroxyl groups excluding tert-OH is 1. The van der Waals surface area contributed by atoms with Crippen LogP contribution in [-0.4, -0.2) is 52.6 Å². The third-order valence-electron chi connectivity index (χ3n) is 6.83. The van der Waals surface area contributed by atoms with Gasteiger partial charge in [0.1, 0.15) is 11.5 Å². The zero-order valence-electron chi connectivity index (χ0n) is 20.7. The molecule has 2 aromatic heterocycles. The third kappa shape index (κ3) is 3.73. The highest BCUT2D eigenvalue weighted by Crippen LogP contribution is 2.42. The predicted molar refractivity (Wildman–Crippen MR) is 138 cm³/mol. The maximum Gasteiger partial charge on any atom is 0.302 e. The highest BCUT2D eigenvalue weighted by atomic mass is 16.5. The number of Topliss-reactive ketones (excluding diaryl/α,β-unsaturated/α-hetero) is 1.